The minimum Gasteiger partial charge on any atom is -0.480 e. The normalized spacial score (nSPS) is 22.6. The maximum atomic E-state index is 12.2. The first-order valence-corrected chi connectivity index (χ1v) is 6.57. The lowest BCUT2D eigenvalue weighted by atomic mass is 9.90. The number of hydrogen-bond donors (Lipinski definition) is 2. The summed E-state index contributed by atoms with van der Waals surface area (Å²) in [5.41, 5.74) is -1.29. The van der Waals surface area contributed by atoms with Crippen LogP contribution in [0.5, 0.6) is 0 Å². The molecule has 0 spiro atoms. The van der Waals surface area contributed by atoms with Crippen molar-refractivity contribution in [3.8, 4) is 0 Å². The molecule has 3 amide bonds. The quantitative estimate of drug-likeness (QED) is 0.685. The fourth-order valence-corrected chi connectivity index (χ4v) is 2.33. The number of nitrogens with zero attached hydrogens (tertiary/aromatic N) is 2. The smallest absolute Gasteiger partial charge is 0.329 e. The second-order valence-corrected chi connectivity index (χ2v) is 5.17. The number of hydrogen-bond acceptors (Lipinski definition) is 4. The minimum atomic E-state index is -1.29. The summed E-state index contributed by atoms with van der Waals surface area (Å²) in [6, 6.07) is -0.504. The van der Waals surface area contributed by atoms with E-state index < -0.39 is 17.5 Å². The molecule has 0 aromatic heterocycles. The lowest BCUT2D eigenvalue weighted by Gasteiger charge is -2.38. The van der Waals surface area contributed by atoms with E-state index in [1.165, 1.54) is 4.90 Å². The van der Waals surface area contributed by atoms with Gasteiger partial charge in [-0.05, 0) is 0 Å². The Labute approximate surface area is 116 Å². The van der Waals surface area contributed by atoms with E-state index in [0.717, 1.165) is 0 Å². The van der Waals surface area contributed by atoms with E-state index in [2.05, 4.69) is 5.32 Å². The number of carboxylic acids is 1. The Kier molecular flexibility index (Phi) is 4.12. The SMILES string of the molecule is CN1CCN(C(=O)NC2(C(=O)O)CCOCC2)CC1=O. The number of carboxylic acid groups (broad SMARTS) is 1. The molecule has 2 aliphatic heterocycles. The number of carbonyl (C=O) groups is 3. The van der Waals surface area contributed by atoms with Gasteiger partial charge >= 0.3 is 12.0 Å². The molecule has 0 atom stereocenters. The van der Waals surface area contributed by atoms with Gasteiger partial charge in [-0.1, -0.05) is 0 Å². The molecule has 2 N–H and O–H groups in total. The van der Waals surface area contributed by atoms with Gasteiger partial charge < -0.3 is 25.0 Å². The third kappa shape index (κ3) is 2.84. The van der Waals surface area contributed by atoms with Crippen LogP contribution in [0.4, 0.5) is 4.79 Å². The van der Waals surface area contributed by atoms with E-state index in [9.17, 15) is 19.5 Å². The number of piperazine rings is 1. The summed E-state index contributed by atoms with van der Waals surface area (Å²) in [6.45, 7) is 1.44. The average molecular weight is 285 g/mol. The van der Waals surface area contributed by atoms with Crippen molar-refractivity contribution in [2.24, 2.45) is 0 Å². The van der Waals surface area contributed by atoms with Crippen molar-refractivity contribution in [1.29, 1.82) is 0 Å². The highest BCUT2D eigenvalue weighted by atomic mass is 16.5. The Morgan fingerprint density at radius 2 is 1.95 bits per heavy atom. The lowest BCUT2D eigenvalue weighted by molar-refractivity contribution is -0.148. The summed E-state index contributed by atoms with van der Waals surface area (Å²) in [4.78, 5) is 38.1. The van der Waals surface area contributed by atoms with Gasteiger partial charge in [0.2, 0.25) is 5.91 Å². The number of aliphatic carboxylic acids is 1. The second kappa shape index (κ2) is 5.66. The van der Waals surface area contributed by atoms with Gasteiger partial charge in [0.15, 0.2) is 0 Å². The highest BCUT2D eigenvalue weighted by Gasteiger charge is 2.43. The van der Waals surface area contributed by atoms with E-state index in [0.29, 0.717) is 26.3 Å². The number of amides is 3. The van der Waals surface area contributed by atoms with Gasteiger partial charge in [0.05, 0.1) is 0 Å². The molecule has 0 unspecified atom stereocenters. The van der Waals surface area contributed by atoms with Crippen molar-refractivity contribution in [3.63, 3.8) is 0 Å². The van der Waals surface area contributed by atoms with E-state index in [1.54, 1.807) is 11.9 Å². The third-order valence-corrected chi connectivity index (χ3v) is 3.85. The zero-order valence-electron chi connectivity index (χ0n) is 11.4. The summed E-state index contributed by atoms with van der Waals surface area (Å²) >= 11 is 0. The third-order valence-electron chi connectivity index (χ3n) is 3.85. The van der Waals surface area contributed by atoms with E-state index in [1.807, 2.05) is 0 Å². The molecule has 0 radical (unpaired) electrons. The fraction of sp³-hybridized carbons (Fsp3) is 0.750. The molecule has 0 aliphatic carbocycles. The first-order chi connectivity index (χ1) is 9.44. The number of carbonyl (C=O) groups excluding carboxylic acids is 2. The molecule has 8 nitrogen and oxygen atoms in total. The Bertz CT molecular complexity index is 419. The van der Waals surface area contributed by atoms with Gasteiger partial charge in [-0.2, -0.15) is 0 Å². The summed E-state index contributed by atoms with van der Waals surface area (Å²) in [5.74, 6) is -1.21. The molecule has 8 heteroatoms. The van der Waals surface area contributed by atoms with Crippen molar-refractivity contribution >= 4 is 17.9 Å². The predicted molar refractivity (Wildman–Crippen MR) is 68.2 cm³/mol. The minimum absolute atomic E-state index is 0.0193. The molecule has 2 rings (SSSR count). The maximum absolute atomic E-state index is 12.2. The Hall–Kier alpha value is -1.83. The van der Waals surface area contributed by atoms with Crippen LogP contribution in [0.15, 0.2) is 0 Å². The molecular formula is C12H19N3O5. The monoisotopic (exact) mass is 285 g/mol. The summed E-state index contributed by atoms with van der Waals surface area (Å²) in [6.07, 6.45) is 0.464. The number of urea groups is 1. The van der Waals surface area contributed by atoms with Crippen molar-refractivity contribution < 1.29 is 24.2 Å². The summed E-state index contributed by atoms with van der Waals surface area (Å²) in [5, 5.41) is 11.9. The molecule has 2 saturated heterocycles. The van der Waals surface area contributed by atoms with Crippen LogP contribution in [0, 0.1) is 0 Å². The summed E-state index contributed by atoms with van der Waals surface area (Å²) < 4.78 is 5.14. The van der Waals surface area contributed by atoms with Crippen molar-refractivity contribution in [2.75, 3.05) is 39.9 Å². The van der Waals surface area contributed by atoms with Crippen LogP contribution >= 0.6 is 0 Å². The van der Waals surface area contributed by atoms with Crippen LogP contribution in [0.3, 0.4) is 0 Å². The largest absolute Gasteiger partial charge is 0.480 e. The van der Waals surface area contributed by atoms with Crippen molar-refractivity contribution in [1.82, 2.24) is 15.1 Å². The van der Waals surface area contributed by atoms with Crippen LogP contribution in [-0.2, 0) is 14.3 Å². The molecular weight excluding hydrogens is 266 g/mol. The lowest BCUT2D eigenvalue weighted by Crippen LogP contribution is -2.62. The number of likely N-dealkylation sites (N-methyl/N-ethyl adjacent to an activating group) is 1. The van der Waals surface area contributed by atoms with Crippen LogP contribution in [0.1, 0.15) is 12.8 Å². The first kappa shape index (κ1) is 14.6. The Morgan fingerprint density at radius 3 is 2.50 bits per heavy atom. The second-order valence-electron chi connectivity index (χ2n) is 5.17. The molecule has 0 bridgehead atoms. The Morgan fingerprint density at radius 1 is 1.30 bits per heavy atom. The van der Waals surface area contributed by atoms with Gasteiger partial charge in [0.25, 0.3) is 0 Å². The van der Waals surface area contributed by atoms with Crippen LogP contribution in [0.25, 0.3) is 0 Å². The molecule has 0 aromatic rings. The maximum Gasteiger partial charge on any atom is 0.329 e. The van der Waals surface area contributed by atoms with Gasteiger partial charge in [-0.3, -0.25) is 4.79 Å². The predicted octanol–water partition coefficient (Wildman–Crippen LogP) is -0.896. The van der Waals surface area contributed by atoms with Crippen LogP contribution in [0.2, 0.25) is 0 Å². The van der Waals surface area contributed by atoms with Gasteiger partial charge in [-0.25, -0.2) is 9.59 Å². The van der Waals surface area contributed by atoms with Crippen molar-refractivity contribution in [3.05, 3.63) is 0 Å². The highest BCUT2D eigenvalue weighted by molar-refractivity contribution is 5.89. The molecule has 2 fully saturated rings. The van der Waals surface area contributed by atoms with E-state index in [-0.39, 0.29) is 25.3 Å². The molecule has 112 valence electrons. The highest BCUT2D eigenvalue weighted by Crippen LogP contribution is 2.21. The number of rotatable bonds is 2. The van der Waals surface area contributed by atoms with Crippen LogP contribution in [-0.4, -0.2) is 78.2 Å². The molecule has 2 heterocycles. The molecule has 2 aliphatic rings. The van der Waals surface area contributed by atoms with E-state index >= 15 is 0 Å². The van der Waals surface area contributed by atoms with Gasteiger partial charge in [0.1, 0.15) is 12.1 Å². The summed E-state index contributed by atoms with van der Waals surface area (Å²) in [7, 11) is 1.68. The Balaban J connectivity index is 2.02. The molecule has 0 aromatic carbocycles. The first-order valence-electron chi connectivity index (χ1n) is 6.57. The topological polar surface area (TPSA) is 99.2 Å². The van der Waals surface area contributed by atoms with Crippen molar-refractivity contribution in [2.45, 2.75) is 18.4 Å². The van der Waals surface area contributed by atoms with Gasteiger partial charge in [0, 0.05) is 46.2 Å². The number of nitrogens with one attached hydrogen (secondary N) is 1. The zero-order valence-corrected chi connectivity index (χ0v) is 11.4. The fourth-order valence-electron chi connectivity index (χ4n) is 2.33. The average Bonchev–Trinajstić information content (AvgIpc) is 2.42. The molecule has 20 heavy (non-hydrogen) atoms. The van der Waals surface area contributed by atoms with Crippen LogP contribution < -0.4 is 5.32 Å². The molecule has 0 saturated carbocycles. The van der Waals surface area contributed by atoms with E-state index in [4.69, 9.17) is 4.74 Å². The zero-order chi connectivity index (χ0) is 14.8. The number of ether oxygens (including phenoxy) is 1. The van der Waals surface area contributed by atoms with Gasteiger partial charge in [-0.15, -0.1) is 0 Å². The standard InChI is InChI=1S/C12H19N3O5/c1-14-4-5-15(8-9(14)16)11(19)13-12(10(17)18)2-6-20-7-3-12/h2-8H2,1H3,(H,13,19)(H,17,18).